The summed E-state index contributed by atoms with van der Waals surface area (Å²) in [4.78, 5) is 32.6. The van der Waals surface area contributed by atoms with Crippen molar-refractivity contribution < 1.29 is 14.3 Å². The lowest BCUT2D eigenvalue weighted by Gasteiger charge is -2.31. The molecule has 2 saturated heterocycles. The van der Waals surface area contributed by atoms with Gasteiger partial charge in [0.15, 0.2) is 0 Å². The number of nitrogens with zero attached hydrogens (tertiary/aromatic N) is 3. The molecule has 3 heterocycles. The van der Waals surface area contributed by atoms with Gasteiger partial charge in [-0.1, -0.05) is 24.3 Å². The molecular formula is C20H24N4O3. The molecule has 0 aliphatic carbocycles. The van der Waals surface area contributed by atoms with E-state index >= 15 is 0 Å². The van der Waals surface area contributed by atoms with E-state index in [9.17, 15) is 9.59 Å². The summed E-state index contributed by atoms with van der Waals surface area (Å²) in [6, 6.07) is 11.8. The molecule has 2 amide bonds. The normalized spacial score (nSPS) is 18.7. The Balaban J connectivity index is 1.38. The lowest BCUT2D eigenvalue weighted by molar-refractivity contribution is -0.131. The molecule has 2 aliphatic heterocycles. The van der Waals surface area contributed by atoms with Crippen molar-refractivity contribution in [1.82, 2.24) is 20.1 Å². The average Bonchev–Trinajstić information content (AvgIpc) is 2.96. The molecule has 1 aromatic heterocycles. The van der Waals surface area contributed by atoms with Gasteiger partial charge in [-0.15, -0.1) is 0 Å². The molecule has 7 heteroatoms. The van der Waals surface area contributed by atoms with Gasteiger partial charge in [0.25, 0.3) is 0 Å². The van der Waals surface area contributed by atoms with E-state index in [0.29, 0.717) is 13.1 Å². The Morgan fingerprint density at radius 3 is 2.85 bits per heavy atom. The number of ether oxygens (including phenoxy) is 1. The Kier molecular flexibility index (Phi) is 4.70. The standard InChI is InChI=1S/C20H24N4O3/c1-23(12-16-7-6-15-4-2-3-5-17(15)22-16)18(25)13-24-14-20(27-19(24)26)8-10-21-11-9-20/h2-7,21H,8-14H2,1H3. The number of fused-ring (bicyclic) bond motifs is 1. The number of piperidine rings is 1. The van der Waals surface area contributed by atoms with Crippen molar-refractivity contribution in [1.29, 1.82) is 0 Å². The van der Waals surface area contributed by atoms with Crippen LogP contribution in [0.5, 0.6) is 0 Å². The summed E-state index contributed by atoms with van der Waals surface area (Å²) >= 11 is 0. The Morgan fingerprint density at radius 1 is 1.26 bits per heavy atom. The summed E-state index contributed by atoms with van der Waals surface area (Å²) in [6.45, 7) is 2.60. The average molecular weight is 368 g/mol. The number of carbonyl (C=O) groups is 2. The zero-order chi connectivity index (χ0) is 18.9. The number of pyridine rings is 1. The van der Waals surface area contributed by atoms with E-state index in [1.807, 2.05) is 36.4 Å². The molecule has 1 aromatic carbocycles. The third-order valence-corrected chi connectivity index (χ3v) is 5.36. The molecular weight excluding hydrogens is 344 g/mol. The maximum absolute atomic E-state index is 12.6. The Morgan fingerprint density at radius 2 is 2.04 bits per heavy atom. The third kappa shape index (κ3) is 3.73. The molecule has 2 aromatic rings. The SMILES string of the molecule is CN(Cc1ccc2ccccc2n1)C(=O)CN1CC2(CCNCC2)OC1=O. The van der Waals surface area contributed by atoms with Crippen LogP contribution in [0.25, 0.3) is 10.9 Å². The number of hydrogen-bond donors (Lipinski definition) is 1. The number of amides is 2. The van der Waals surface area contributed by atoms with Gasteiger partial charge in [-0.2, -0.15) is 0 Å². The van der Waals surface area contributed by atoms with Crippen molar-refractivity contribution in [3.8, 4) is 0 Å². The Hall–Kier alpha value is -2.67. The third-order valence-electron chi connectivity index (χ3n) is 5.36. The minimum absolute atomic E-state index is 0.0398. The number of nitrogens with one attached hydrogen (secondary N) is 1. The minimum Gasteiger partial charge on any atom is -0.441 e. The van der Waals surface area contributed by atoms with Gasteiger partial charge < -0.3 is 15.0 Å². The Labute approximate surface area is 158 Å². The van der Waals surface area contributed by atoms with Crippen molar-refractivity contribution in [2.24, 2.45) is 0 Å². The van der Waals surface area contributed by atoms with Crippen molar-refractivity contribution in [3.63, 3.8) is 0 Å². The molecule has 0 saturated carbocycles. The summed E-state index contributed by atoms with van der Waals surface area (Å²) in [5.41, 5.74) is 1.30. The van der Waals surface area contributed by atoms with Crippen LogP contribution < -0.4 is 5.32 Å². The molecule has 1 spiro atoms. The summed E-state index contributed by atoms with van der Waals surface area (Å²) < 4.78 is 5.61. The van der Waals surface area contributed by atoms with Crippen molar-refractivity contribution in [2.45, 2.75) is 25.0 Å². The smallest absolute Gasteiger partial charge is 0.410 e. The second-order valence-corrected chi connectivity index (χ2v) is 7.40. The molecule has 0 bridgehead atoms. The monoisotopic (exact) mass is 368 g/mol. The predicted octanol–water partition coefficient (Wildman–Crippen LogP) is 1.77. The largest absolute Gasteiger partial charge is 0.441 e. The van der Waals surface area contributed by atoms with E-state index in [4.69, 9.17) is 4.74 Å². The van der Waals surface area contributed by atoms with Crippen LogP contribution in [-0.4, -0.2) is 65.6 Å². The van der Waals surface area contributed by atoms with Gasteiger partial charge in [0, 0.05) is 25.3 Å². The van der Waals surface area contributed by atoms with Crippen LogP contribution in [0, 0.1) is 0 Å². The van der Waals surface area contributed by atoms with Crippen LogP contribution in [0.15, 0.2) is 36.4 Å². The van der Waals surface area contributed by atoms with Crippen LogP contribution in [0.3, 0.4) is 0 Å². The fourth-order valence-corrected chi connectivity index (χ4v) is 3.77. The van der Waals surface area contributed by atoms with Gasteiger partial charge in [-0.05, 0) is 25.2 Å². The summed E-state index contributed by atoms with van der Waals surface area (Å²) in [5.74, 6) is -0.118. The van der Waals surface area contributed by atoms with Crippen LogP contribution in [0.4, 0.5) is 4.79 Å². The van der Waals surface area contributed by atoms with E-state index in [0.717, 1.165) is 42.5 Å². The van der Waals surface area contributed by atoms with Gasteiger partial charge in [-0.3, -0.25) is 14.7 Å². The number of likely N-dealkylation sites (N-methyl/N-ethyl adjacent to an activating group) is 1. The number of aromatic nitrogens is 1. The minimum atomic E-state index is -0.429. The van der Waals surface area contributed by atoms with Crippen LogP contribution in [0.2, 0.25) is 0 Å². The van der Waals surface area contributed by atoms with Crippen LogP contribution in [0.1, 0.15) is 18.5 Å². The maximum Gasteiger partial charge on any atom is 0.410 e. The first kappa shape index (κ1) is 17.7. The zero-order valence-electron chi connectivity index (χ0n) is 15.5. The van der Waals surface area contributed by atoms with Gasteiger partial charge in [0.1, 0.15) is 12.1 Å². The highest BCUT2D eigenvalue weighted by molar-refractivity contribution is 5.83. The molecule has 2 aliphatic rings. The predicted molar refractivity (Wildman–Crippen MR) is 101 cm³/mol. The van der Waals surface area contributed by atoms with E-state index in [1.54, 1.807) is 11.9 Å². The number of rotatable bonds is 4. The van der Waals surface area contributed by atoms with E-state index in [-0.39, 0.29) is 18.5 Å². The molecule has 7 nitrogen and oxygen atoms in total. The number of carbonyl (C=O) groups excluding carboxylic acids is 2. The summed E-state index contributed by atoms with van der Waals surface area (Å²) in [5, 5.41) is 4.34. The van der Waals surface area contributed by atoms with Crippen molar-refractivity contribution >= 4 is 22.9 Å². The highest BCUT2D eigenvalue weighted by Gasteiger charge is 2.46. The first-order chi connectivity index (χ1) is 13.0. The fourth-order valence-electron chi connectivity index (χ4n) is 3.77. The van der Waals surface area contributed by atoms with E-state index < -0.39 is 5.60 Å². The van der Waals surface area contributed by atoms with Gasteiger partial charge in [-0.25, -0.2) is 4.79 Å². The van der Waals surface area contributed by atoms with Crippen molar-refractivity contribution in [3.05, 3.63) is 42.1 Å². The Bertz CT molecular complexity index is 863. The topological polar surface area (TPSA) is 74.8 Å². The molecule has 1 N–H and O–H groups in total. The molecule has 4 rings (SSSR count). The highest BCUT2D eigenvalue weighted by Crippen LogP contribution is 2.30. The number of benzene rings is 1. The quantitative estimate of drug-likeness (QED) is 0.890. The molecule has 142 valence electrons. The summed E-state index contributed by atoms with van der Waals surface area (Å²) in [7, 11) is 1.74. The summed E-state index contributed by atoms with van der Waals surface area (Å²) in [6.07, 6.45) is 1.20. The zero-order valence-corrected chi connectivity index (χ0v) is 15.5. The second kappa shape index (κ2) is 7.15. The van der Waals surface area contributed by atoms with E-state index in [2.05, 4.69) is 10.3 Å². The first-order valence-electron chi connectivity index (χ1n) is 9.32. The highest BCUT2D eigenvalue weighted by atomic mass is 16.6. The molecule has 0 unspecified atom stereocenters. The second-order valence-electron chi connectivity index (χ2n) is 7.40. The molecule has 0 radical (unpaired) electrons. The van der Waals surface area contributed by atoms with Gasteiger partial charge in [0.2, 0.25) is 5.91 Å². The van der Waals surface area contributed by atoms with Crippen LogP contribution >= 0.6 is 0 Å². The van der Waals surface area contributed by atoms with E-state index in [1.165, 1.54) is 4.90 Å². The van der Waals surface area contributed by atoms with Crippen molar-refractivity contribution in [2.75, 3.05) is 33.2 Å². The van der Waals surface area contributed by atoms with Gasteiger partial charge >= 0.3 is 6.09 Å². The molecule has 2 fully saturated rings. The first-order valence-corrected chi connectivity index (χ1v) is 9.32. The lowest BCUT2D eigenvalue weighted by atomic mass is 9.92. The van der Waals surface area contributed by atoms with Gasteiger partial charge in [0.05, 0.1) is 24.3 Å². The fraction of sp³-hybridized carbons (Fsp3) is 0.450. The maximum atomic E-state index is 12.6. The number of para-hydroxylation sites is 1. The molecule has 0 atom stereocenters. The number of hydrogen-bond acceptors (Lipinski definition) is 5. The lowest BCUT2D eigenvalue weighted by Crippen LogP contribution is -2.46. The molecule has 27 heavy (non-hydrogen) atoms. The van der Waals surface area contributed by atoms with Crippen LogP contribution in [-0.2, 0) is 16.1 Å².